The van der Waals surface area contributed by atoms with Crippen LogP contribution in [0.2, 0.25) is 0 Å². The second-order valence-corrected chi connectivity index (χ2v) is 6.01. The van der Waals surface area contributed by atoms with Crippen LogP contribution in [0.4, 0.5) is 0 Å². The predicted molar refractivity (Wildman–Crippen MR) is 71.5 cm³/mol. The van der Waals surface area contributed by atoms with Gasteiger partial charge in [-0.05, 0) is 32.1 Å². The highest BCUT2D eigenvalue weighted by Crippen LogP contribution is 2.22. The van der Waals surface area contributed by atoms with Crippen molar-refractivity contribution in [1.29, 1.82) is 0 Å². The minimum atomic E-state index is -0.370. The van der Waals surface area contributed by atoms with Crippen LogP contribution in [0.3, 0.4) is 0 Å². The Morgan fingerprint density at radius 2 is 2.11 bits per heavy atom. The van der Waals surface area contributed by atoms with Crippen LogP contribution in [-0.2, 0) is 14.3 Å². The first-order valence-electron chi connectivity index (χ1n) is 7.20. The summed E-state index contributed by atoms with van der Waals surface area (Å²) in [6.45, 7) is 7.02. The van der Waals surface area contributed by atoms with Crippen LogP contribution in [0.5, 0.6) is 0 Å². The van der Waals surface area contributed by atoms with Crippen molar-refractivity contribution < 1.29 is 14.3 Å². The summed E-state index contributed by atoms with van der Waals surface area (Å²) in [6.07, 6.45) is 2.79. The van der Waals surface area contributed by atoms with E-state index in [4.69, 9.17) is 4.74 Å². The molecule has 5 nitrogen and oxygen atoms in total. The smallest absolute Gasteiger partial charge is 0.245 e. The average molecular weight is 268 g/mol. The summed E-state index contributed by atoms with van der Waals surface area (Å²) < 4.78 is 5.64. The zero-order chi connectivity index (χ0) is 14.0. The Balaban J connectivity index is 2.05. The number of nitrogens with one attached hydrogen (secondary N) is 1. The Kier molecular flexibility index (Phi) is 4.45. The average Bonchev–Trinajstić information content (AvgIpc) is 2.85. The first-order chi connectivity index (χ1) is 8.99. The number of nitrogens with zero attached hydrogens (tertiary/aromatic N) is 1. The molecule has 2 rings (SSSR count). The fraction of sp³-hybridized carbons (Fsp3) is 0.857. The molecule has 108 valence electrons. The summed E-state index contributed by atoms with van der Waals surface area (Å²) in [5.41, 5.74) is 0. The molecule has 2 heterocycles. The minimum absolute atomic E-state index is 0.0179. The molecule has 2 saturated heterocycles. The number of amides is 2. The molecule has 0 aromatic heterocycles. The van der Waals surface area contributed by atoms with E-state index in [1.54, 1.807) is 4.90 Å². The van der Waals surface area contributed by atoms with E-state index in [1.807, 2.05) is 6.92 Å². The Hall–Kier alpha value is -1.10. The van der Waals surface area contributed by atoms with Gasteiger partial charge in [-0.3, -0.25) is 9.59 Å². The van der Waals surface area contributed by atoms with Gasteiger partial charge in [-0.15, -0.1) is 0 Å². The van der Waals surface area contributed by atoms with Crippen molar-refractivity contribution in [3.05, 3.63) is 0 Å². The first-order valence-corrected chi connectivity index (χ1v) is 7.20. The van der Waals surface area contributed by atoms with Crippen LogP contribution < -0.4 is 5.32 Å². The second kappa shape index (κ2) is 5.90. The Morgan fingerprint density at radius 1 is 1.37 bits per heavy atom. The maximum atomic E-state index is 12.5. The lowest BCUT2D eigenvalue weighted by Gasteiger charge is -2.38. The number of rotatable bonds is 4. The zero-order valence-electron chi connectivity index (χ0n) is 12.0. The van der Waals surface area contributed by atoms with Gasteiger partial charge in [0.2, 0.25) is 11.8 Å². The maximum Gasteiger partial charge on any atom is 0.245 e. The molecule has 0 bridgehead atoms. The number of carbonyl (C=O) groups excluding carboxylic acids is 2. The van der Waals surface area contributed by atoms with Gasteiger partial charge in [0, 0.05) is 6.61 Å². The maximum absolute atomic E-state index is 12.5. The highest BCUT2D eigenvalue weighted by molar-refractivity contribution is 5.95. The van der Waals surface area contributed by atoms with Gasteiger partial charge in [-0.1, -0.05) is 13.8 Å². The van der Waals surface area contributed by atoms with E-state index in [2.05, 4.69) is 19.2 Å². The fourth-order valence-electron chi connectivity index (χ4n) is 2.89. The van der Waals surface area contributed by atoms with Gasteiger partial charge in [0.25, 0.3) is 0 Å². The van der Waals surface area contributed by atoms with Crippen molar-refractivity contribution in [2.45, 2.75) is 58.2 Å². The predicted octanol–water partition coefficient (Wildman–Crippen LogP) is 0.927. The van der Waals surface area contributed by atoms with Crippen LogP contribution in [0.1, 0.15) is 40.0 Å². The lowest BCUT2D eigenvalue weighted by Crippen LogP contribution is -2.62. The van der Waals surface area contributed by atoms with Gasteiger partial charge < -0.3 is 15.0 Å². The van der Waals surface area contributed by atoms with Crippen molar-refractivity contribution in [3.8, 4) is 0 Å². The topological polar surface area (TPSA) is 58.6 Å². The highest BCUT2D eigenvalue weighted by atomic mass is 16.5. The SMILES string of the molecule is CC(C)CC1NC(=O)CN(C(C)C2CCCO2)C1=O. The Bertz CT molecular complexity index is 351. The van der Waals surface area contributed by atoms with Crippen LogP contribution in [0.15, 0.2) is 0 Å². The van der Waals surface area contributed by atoms with E-state index >= 15 is 0 Å². The molecule has 2 aliphatic heterocycles. The quantitative estimate of drug-likeness (QED) is 0.825. The van der Waals surface area contributed by atoms with E-state index in [0.717, 1.165) is 19.4 Å². The van der Waals surface area contributed by atoms with Crippen molar-refractivity contribution in [1.82, 2.24) is 10.2 Å². The molecule has 2 amide bonds. The summed E-state index contributed by atoms with van der Waals surface area (Å²) in [7, 11) is 0. The molecular weight excluding hydrogens is 244 g/mol. The van der Waals surface area contributed by atoms with Crippen LogP contribution in [0, 0.1) is 5.92 Å². The number of ether oxygens (including phenoxy) is 1. The van der Waals surface area contributed by atoms with Crippen molar-refractivity contribution in [2.24, 2.45) is 5.92 Å². The standard InChI is InChI=1S/C14H24N2O3/c1-9(2)7-11-14(18)16(8-13(17)15-11)10(3)12-5-4-6-19-12/h9-12H,4-8H2,1-3H3,(H,15,17). The summed E-state index contributed by atoms with van der Waals surface area (Å²) in [5.74, 6) is 0.360. The van der Waals surface area contributed by atoms with Crippen LogP contribution in [0.25, 0.3) is 0 Å². The van der Waals surface area contributed by atoms with Gasteiger partial charge in [-0.2, -0.15) is 0 Å². The molecule has 1 N–H and O–H groups in total. The molecule has 2 fully saturated rings. The van der Waals surface area contributed by atoms with Gasteiger partial charge >= 0.3 is 0 Å². The molecule has 0 radical (unpaired) electrons. The first kappa shape index (κ1) is 14.3. The third kappa shape index (κ3) is 3.26. The normalized spacial score (nSPS) is 29.8. The van der Waals surface area contributed by atoms with Crippen LogP contribution >= 0.6 is 0 Å². The third-order valence-corrected chi connectivity index (χ3v) is 3.93. The molecule has 0 aromatic rings. The second-order valence-electron chi connectivity index (χ2n) is 6.01. The Morgan fingerprint density at radius 3 is 2.68 bits per heavy atom. The van der Waals surface area contributed by atoms with Gasteiger partial charge in [0.05, 0.1) is 18.7 Å². The molecule has 0 aromatic carbocycles. The van der Waals surface area contributed by atoms with E-state index in [-0.39, 0.29) is 36.5 Å². The molecular formula is C14H24N2O3. The summed E-state index contributed by atoms with van der Waals surface area (Å²) in [6, 6.07) is -0.388. The molecule has 19 heavy (non-hydrogen) atoms. The number of hydrogen-bond acceptors (Lipinski definition) is 3. The van der Waals surface area contributed by atoms with E-state index in [0.29, 0.717) is 12.3 Å². The van der Waals surface area contributed by atoms with Gasteiger partial charge in [0.15, 0.2) is 0 Å². The van der Waals surface area contributed by atoms with Gasteiger partial charge in [-0.25, -0.2) is 0 Å². The fourth-order valence-corrected chi connectivity index (χ4v) is 2.89. The number of carbonyl (C=O) groups is 2. The summed E-state index contributed by atoms with van der Waals surface area (Å²) in [4.78, 5) is 25.9. The van der Waals surface area contributed by atoms with Crippen molar-refractivity contribution in [3.63, 3.8) is 0 Å². The Labute approximate surface area is 114 Å². The van der Waals surface area contributed by atoms with Gasteiger partial charge in [0.1, 0.15) is 6.04 Å². The summed E-state index contributed by atoms with van der Waals surface area (Å²) in [5, 5.41) is 2.80. The van der Waals surface area contributed by atoms with E-state index in [9.17, 15) is 9.59 Å². The van der Waals surface area contributed by atoms with Crippen LogP contribution in [-0.4, -0.2) is 48.1 Å². The molecule has 2 aliphatic rings. The molecule has 0 saturated carbocycles. The highest BCUT2D eigenvalue weighted by Gasteiger charge is 2.38. The lowest BCUT2D eigenvalue weighted by atomic mass is 9.98. The minimum Gasteiger partial charge on any atom is -0.376 e. The monoisotopic (exact) mass is 268 g/mol. The number of hydrogen-bond donors (Lipinski definition) is 1. The van der Waals surface area contributed by atoms with E-state index in [1.165, 1.54) is 0 Å². The van der Waals surface area contributed by atoms with Crippen molar-refractivity contribution >= 4 is 11.8 Å². The number of piperazine rings is 1. The largest absolute Gasteiger partial charge is 0.376 e. The summed E-state index contributed by atoms with van der Waals surface area (Å²) >= 11 is 0. The van der Waals surface area contributed by atoms with E-state index < -0.39 is 0 Å². The van der Waals surface area contributed by atoms with Crippen molar-refractivity contribution in [2.75, 3.05) is 13.2 Å². The molecule has 5 heteroatoms. The molecule has 0 spiro atoms. The molecule has 0 aliphatic carbocycles. The molecule has 3 unspecified atom stereocenters. The lowest BCUT2D eigenvalue weighted by molar-refractivity contribution is -0.149. The molecule has 3 atom stereocenters. The zero-order valence-corrected chi connectivity index (χ0v) is 12.0. The third-order valence-electron chi connectivity index (χ3n) is 3.93.